The summed E-state index contributed by atoms with van der Waals surface area (Å²) in [6.07, 6.45) is -4.97. The number of hydrogen-bond acceptors (Lipinski definition) is 6. The van der Waals surface area contributed by atoms with Crippen LogP contribution >= 0.6 is 23.4 Å². The Hall–Kier alpha value is -2.97. The van der Waals surface area contributed by atoms with Crippen LogP contribution in [0.25, 0.3) is 22.0 Å². The Labute approximate surface area is 273 Å². The Morgan fingerprint density at radius 3 is 2.39 bits per heavy atom. The third kappa shape index (κ3) is 5.43. The fourth-order valence-corrected chi connectivity index (χ4v) is 8.00. The summed E-state index contributed by atoms with van der Waals surface area (Å²) in [5.74, 6) is -2.10. The summed E-state index contributed by atoms with van der Waals surface area (Å²) in [5, 5.41) is 0.414. The van der Waals surface area contributed by atoms with Gasteiger partial charge in [-0.25, -0.2) is 13.6 Å². The molecule has 6 rings (SSSR count). The van der Waals surface area contributed by atoms with Crippen molar-refractivity contribution in [3.05, 3.63) is 61.7 Å². The lowest BCUT2D eigenvalue weighted by molar-refractivity contribution is -0.137. The van der Waals surface area contributed by atoms with E-state index in [9.17, 15) is 14.0 Å². The Morgan fingerprint density at radius 2 is 1.78 bits per heavy atom. The van der Waals surface area contributed by atoms with Crippen molar-refractivity contribution >= 4 is 69.5 Å². The van der Waals surface area contributed by atoms with Crippen molar-refractivity contribution < 1.29 is 31.5 Å². The first-order valence-electron chi connectivity index (χ1n) is 14.8. The number of rotatable bonds is 3. The van der Waals surface area contributed by atoms with Gasteiger partial charge in [0.05, 0.1) is 29.3 Å². The molecule has 2 fully saturated rings. The van der Waals surface area contributed by atoms with E-state index in [1.54, 1.807) is 17.6 Å². The summed E-state index contributed by atoms with van der Waals surface area (Å²) in [6, 6.07) is 1.45. The molecule has 17 heteroatoms. The van der Waals surface area contributed by atoms with Gasteiger partial charge in [0.1, 0.15) is 41.0 Å². The molecule has 240 valence electrons. The lowest BCUT2D eigenvalue weighted by Gasteiger charge is -2.45. The number of carbonyl (C=O) groups is 1. The highest BCUT2D eigenvalue weighted by atomic mass is 35.5. The van der Waals surface area contributed by atoms with Gasteiger partial charge in [-0.15, -0.1) is 17.1 Å². The topological polar surface area (TPSA) is 67.7 Å². The molecule has 0 bridgehead atoms. The average molecular weight is 677 g/mol. The highest BCUT2D eigenvalue weighted by molar-refractivity contribution is 7.99. The minimum Gasteiger partial charge on any atom is -0.380 e. The fourth-order valence-electron chi connectivity index (χ4n) is 6.41. The Kier molecular flexibility index (Phi) is 8.33. The maximum Gasteiger partial charge on any atom is 0.417 e. The molecule has 7 nitrogen and oxygen atoms in total. The molecule has 46 heavy (non-hydrogen) atoms. The first-order chi connectivity index (χ1) is 21.5. The second kappa shape index (κ2) is 11.6. The number of nitrogens with zero attached hydrogens (tertiary/aromatic N) is 4. The van der Waals surface area contributed by atoms with E-state index < -0.39 is 56.7 Å². The smallest absolute Gasteiger partial charge is 0.380 e. The van der Waals surface area contributed by atoms with Crippen molar-refractivity contribution in [3.63, 3.8) is 0 Å². The van der Waals surface area contributed by atoms with Gasteiger partial charge in [-0.05, 0) is 31.5 Å². The number of thioether (sulfide) groups is 1. The average Bonchev–Trinajstić information content (AvgIpc) is 3.15. The molecular weight excluding hydrogens is 647 g/mol. The van der Waals surface area contributed by atoms with Crippen LogP contribution in [0.5, 0.6) is 0 Å². The number of amides is 1. The number of carbonyl (C=O) groups excluding carboxylic acids is 1. The molecule has 3 aliphatic rings. The van der Waals surface area contributed by atoms with Crippen molar-refractivity contribution in [1.29, 1.82) is 0 Å². The van der Waals surface area contributed by atoms with E-state index >= 15 is 17.6 Å². The molecule has 0 N–H and O–H groups in total. The standard InChI is InChI=1S/C29H29B3ClF5N4O3S/c1-12-7-41(26(43)21(30)24(31)32)13(2)6-40(12)25-15-3-16(29(36,37)38)20(14-4-17(33)19(35)5-18(14)34)23-22(15)42(27(44)39-25)8-28(11-46-23)9-45-10-28/h3-5,12-13H,6-11,30-32H2,1-2H3/t12-,13+/m0/s1. The predicted octanol–water partition coefficient (Wildman–Crippen LogP) is 2.63. The monoisotopic (exact) mass is 676 g/mol. The van der Waals surface area contributed by atoms with E-state index in [-0.39, 0.29) is 66.4 Å². The second-order valence-electron chi connectivity index (χ2n) is 12.8. The first kappa shape index (κ1) is 33.0. The number of ether oxygens (including phenoxy) is 1. The molecule has 2 aromatic carbocycles. The quantitative estimate of drug-likeness (QED) is 0.184. The van der Waals surface area contributed by atoms with Crippen LogP contribution in [0.1, 0.15) is 19.4 Å². The van der Waals surface area contributed by atoms with Crippen LogP contribution in [-0.2, 0) is 22.3 Å². The number of aromatic nitrogens is 2. The van der Waals surface area contributed by atoms with E-state index in [1.165, 1.54) is 4.57 Å². The molecule has 2 saturated heterocycles. The van der Waals surface area contributed by atoms with Crippen LogP contribution in [0.15, 0.2) is 38.7 Å². The van der Waals surface area contributed by atoms with Gasteiger partial charge in [0.15, 0.2) is 0 Å². The SMILES string of the molecule is BC(B)=C(B)C(=O)N1C[C@H](C)N(c2nc(=O)n3c4c(c(-c5cc(Cl)c(F)cc5F)c(C(F)(F)F)cc24)SCC2(COC2)C3)C[C@H]1C. The van der Waals surface area contributed by atoms with Gasteiger partial charge in [-0.2, -0.15) is 18.2 Å². The molecule has 1 spiro atoms. The normalized spacial score (nSPS) is 20.9. The molecular formula is C29H29B3ClF5N4O3S. The number of alkyl halides is 3. The third-order valence-corrected chi connectivity index (χ3v) is 10.9. The summed E-state index contributed by atoms with van der Waals surface area (Å²) in [6.45, 7) is 4.85. The number of benzene rings is 2. The summed E-state index contributed by atoms with van der Waals surface area (Å²) >= 11 is 7.06. The van der Waals surface area contributed by atoms with Gasteiger partial charge in [0.25, 0.3) is 0 Å². The minimum atomic E-state index is -4.97. The van der Waals surface area contributed by atoms with E-state index in [1.807, 2.05) is 29.5 Å². The molecule has 4 heterocycles. The van der Waals surface area contributed by atoms with Gasteiger partial charge in [-0.3, -0.25) is 9.36 Å². The third-order valence-electron chi connectivity index (χ3n) is 9.21. The maximum atomic E-state index is 15.4. The van der Waals surface area contributed by atoms with Gasteiger partial charge < -0.3 is 14.5 Å². The minimum absolute atomic E-state index is 0.0321. The van der Waals surface area contributed by atoms with Gasteiger partial charge in [0, 0.05) is 70.4 Å². The number of anilines is 1. The van der Waals surface area contributed by atoms with Gasteiger partial charge in [0.2, 0.25) is 5.91 Å². The van der Waals surface area contributed by atoms with Crippen LogP contribution in [0.3, 0.4) is 0 Å². The van der Waals surface area contributed by atoms with Gasteiger partial charge in [-0.1, -0.05) is 11.6 Å². The van der Waals surface area contributed by atoms with Crippen LogP contribution < -0.4 is 10.6 Å². The van der Waals surface area contributed by atoms with Crippen LogP contribution in [0.2, 0.25) is 5.02 Å². The number of halogens is 6. The molecule has 0 saturated carbocycles. The summed E-state index contributed by atoms with van der Waals surface area (Å²) < 4.78 is 81.4. The number of hydrogen-bond donors (Lipinski definition) is 0. The second-order valence-corrected chi connectivity index (χ2v) is 14.2. The van der Waals surface area contributed by atoms with E-state index in [2.05, 4.69) is 4.98 Å². The van der Waals surface area contributed by atoms with Crippen molar-refractivity contribution in [2.24, 2.45) is 5.41 Å². The lowest BCUT2D eigenvalue weighted by atomic mass is 9.69. The van der Waals surface area contributed by atoms with E-state index in [0.717, 1.165) is 29.3 Å². The Balaban J connectivity index is 1.62. The summed E-state index contributed by atoms with van der Waals surface area (Å²) in [7, 11) is 5.45. The highest BCUT2D eigenvalue weighted by Crippen LogP contribution is 2.51. The molecule has 2 atom stereocenters. The molecule has 3 aromatic rings. The maximum absolute atomic E-state index is 15.4. The molecule has 0 aliphatic carbocycles. The molecule has 0 radical (unpaired) electrons. The van der Waals surface area contributed by atoms with Crippen LogP contribution in [0, 0.1) is 17.0 Å². The largest absolute Gasteiger partial charge is 0.417 e. The van der Waals surface area contributed by atoms with Crippen molar-refractivity contribution in [2.75, 3.05) is 37.0 Å². The summed E-state index contributed by atoms with van der Waals surface area (Å²) in [4.78, 5) is 35.0. The molecule has 0 unspecified atom stereocenters. The summed E-state index contributed by atoms with van der Waals surface area (Å²) in [5.41, 5.74) is -2.61. The molecule has 3 aliphatic heterocycles. The molecule has 1 aromatic heterocycles. The van der Waals surface area contributed by atoms with E-state index in [0.29, 0.717) is 17.3 Å². The van der Waals surface area contributed by atoms with Crippen LogP contribution in [0.4, 0.5) is 27.8 Å². The highest BCUT2D eigenvalue weighted by Gasteiger charge is 2.45. The van der Waals surface area contributed by atoms with E-state index in [4.69, 9.17) is 16.3 Å². The lowest BCUT2D eigenvalue weighted by Crippen LogP contribution is -2.59. The zero-order valence-electron chi connectivity index (χ0n) is 25.8. The predicted molar refractivity (Wildman–Crippen MR) is 176 cm³/mol. The fraction of sp³-hybridized carbons (Fsp3) is 0.414. The number of piperazine rings is 1. The Morgan fingerprint density at radius 1 is 1.09 bits per heavy atom. The van der Waals surface area contributed by atoms with Crippen molar-refractivity contribution in [2.45, 2.75) is 43.5 Å². The van der Waals surface area contributed by atoms with Crippen LogP contribution in [-0.4, -0.2) is 88.0 Å². The zero-order valence-corrected chi connectivity index (χ0v) is 27.4. The Bertz CT molecular complexity index is 1880. The zero-order chi connectivity index (χ0) is 33.5. The first-order valence-corrected chi connectivity index (χ1v) is 16.2. The van der Waals surface area contributed by atoms with Crippen molar-refractivity contribution in [1.82, 2.24) is 14.5 Å². The van der Waals surface area contributed by atoms with Gasteiger partial charge >= 0.3 is 11.9 Å². The van der Waals surface area contributed by atoms with Crippen molar-refractivity contribution in [3.8, 4) is 11.1 Å². The molecule has 1 amide bonds.